The highest BCUT2D eigenvalue weighted by Gasteiger charge is 2.36. The molecule has 0 saturated carbocycles. The Kier molecular flexibility index (Phi) is 5.39. The second-order valence-electron chi connectivity index (χ2n) is 6.38. The molecule has 1 saturated heterocycles. The molecule has 1 heterocycles. The van der Waals surface area contributed by atoms with Crippen LogP contribution in [-0.4, -0.2) is 65.3 Å². The van der Waals surface area contributed by atoms with E-state index in [1.165, 1.54) is 4.90 Å². The van der Waals surface area contributed by atoms with Crippen molar-refractivity contribution in [2.75, 3.05) is 26.7 Å². The van der Waals surface area contributed by atoms with Crippen molar-refractivity contribution < 1.29 is 19.4 Å². The third-order valence-electron chi connectivity index (χ3n) is 3.55. The molecular formula is C14H26N2O4. The second kappa shape index (κ2) is 6.43. The molecule has 1 fully saturated rings. The van der Waals surface area contributed by atoms with E-state index in [1.807, 2.05) is 14.0 Å². The van der Waals surface area contributed by atoms with Gasteiger partial charge in [-0.05, 0) is 40.8 Å². The molecule has 1 aliphatic rings. The van der Waals surface area contributed by atoms with E-state index < -0.39 is 23.6 Å². The van der Waals surface area contributed by atoms with Gasteiger partial charge < -0.3 is 19.6 Å². The number of amides is 1. The first-order valence-electron chi connectivity index (χ1n) is 7.05. The van der Waals surface area contributed by atoms with Crippen molar-refractivity contribution in [2.24, 2.45) is 5.92 Å². The quantitative estimate of drug-likeness (QED) is 0.854. The zero-order valence-corrected chi connectivity index (χ0v) is 13.0. The number of carboxylic acids is 1. The number of ether oxygens (including phenoxy) is 1. The number of likely N-dealkylation sites (tertiary alicyclic amines) is 1. The minimum absolute atomic E-state index is 0.0577. The maximum absolute atomic E-state index is 12.1. The predicted molar refractivity (Wildman–Crippen MR) is 75.6 cm³/mol. The van der Waals surface area contributed by atoms with Crippen molar-refractivity contribution in [3.63, 3.8) is 0 Å². The van der Waals surface area contributed by atoms with Gasteiger partial charge >= 0.3 is 12.1 Å². The van der Waals surface area contributed by atoms with Crippen molar-refractivity contribution in [2.45, 2.75) is 45.8 Å². The number of aliphatic carboxylic acids is 1. The molecule has 2 atom stereocenters. The standard InChI is InChI=1S/C14H26N2O4/c1-6-15(5)11-7-10(12(17)18)8-16(9-11)13(19)20-14(2,3)4/h10-11H,6-9H2,1-5H3,(H,17,18)/t10-,11+/m0/s1. The van der Waals surface area contributed by atoms with Gasteiger partial charge in [-0.2, -0.15) is 0 Å². The Morgan fingerprint density at radius 3 is 2.40 bits per heavy atom. The lowest BCUT2D eigenvalue weighted by atomic mass is 9.93. The average Bonchev–Trinajstić information content (AvgIpc) is 2.35. The van der Waals surface area contributed by atoms with E-state index in [4.69, 9.17) is 4.74 Å². The zero-order chi connectivity index (χ0) is 15.5. The lowest BCUT2D eigenvalue weighted by Crippen LogP contribution is -2.54. The van der Waals surface area contributed by atoms with Crippen LogP contribution in [0.4, 0.5) is 4.79 Å². The minimum atomic E-state index is -0.854. The molecule has 1 aliphatic heterocycles. The first-order chi connectivity index (χ1) is 9.14. The maximum Gasteiger partial charge on any atom is 0.410 e. The first kappa shape index (κ1) is 16.8. The number of likely N-dealkylation sites (N-methyl/N-ethyl adjacent to an activating group) is 1. The molecule has 0 aromatic carbocycles. The van der Waals surface area contributed by atoms with Crippen LogP contribution >= 0.6 is 0 Å². The van der Waals surface area contributed by atoms with E-state index in [-0.39, 0.29) is 12.6 Å². The van der Waals surface area contributed by atoms with Gasteiger partial charge in [-0.3, -0.25) is 4.79 Å². The van der Waals surface area contributed by atoms with E-state index in [2.05, 4.69) is 4.90 Å². The molecule has 20 heavy (non-hydrogen) atoms. The van der Waals surface area contributed by atoms with E-state index in [1.54, 1.807) is 20.8 Å². The number of rotatable bonds is 3. The van der Waals surface area contributed by atoms with Crippen molar-refractivity contribution in [1.82, 2.24) is 9.80 Å². The summed E-state index contributed by atoms with van der Waals surface area (Å²) in [7, 11) is 1.95. The van der Waals surface area contributed by atoms with Crippen molar-refractivity contribution in [3.05, 3.63) is 0 Å². The van der Waals surface area contributed by atoms with Gasteiger partial charge in [0.25, 0.3) is 0 Å². The molecular weight excluding hydrogens is 260 g/mol. The van der Waals surface area contributed by atoms with Gasteiger partial charge in [0.05, 0.1) is 5.92 Å². The third kappa shape index (κ3) is 4.67. The largest absolute Gasteiger partial charge is 0.481 e. The molecule has 6 heteroatoms. The van der Waals surface area contributed by atoms with Gasteiger partial charge in [0, 0.05) is 19.1 Å². The number of nitrogens with zero attached hydrogens (tertiary/aromatic N) is 2. The Bertz CT molecular complexity index is 365. The number of hydrogen-bond acceptors (Lipinski definition) is 4. The van der Waals surface area contributed by atoms with Crippen LogP contribution in [-0.2, 0) is 9.53 Å². The minimum Gasteiger partial charge on any atom is -0.481 e. The van der Waals surface area contributed by atoms with Gasteiger partial charge in [-0.25, -0.2) is 4.79 Å². The molecule has 1 rings (SSSR count). The summed E-state index contributed by atoms with van der Waals surface area (Å²) in [5.74, 6) is -1.39. The smallest absolute Gasteiger partial charge is 0.410 e. The summed E-state index contributed by atoms with van der Waals surface area (Å²) in [6, 6.07) is 0.0577. The van der Waals surface area contributed by atoms with Crippen LogP contribution in [0.1, 0.15) is 34.1 Å². The maximum atomic E-state index is 12.1. The fourth-order valence-corrected chi connectivity index (χ4v) is 2.30. The average molecular weight is 286 g/mol. The van der Waals surface area contributed by atoms with Crippen molar-refractivity contribution in [1.29, 1.82) is 0 Å². The topological polar surface area (TPSA) is 70.1 Å². The molecule has 0 aromatic rings. The van der Waals surface area contributed by atoms with E-state index in [0.29, 0.717) is 13.0 Å². The lowest BCUT2D eigenvalue weighted by molar-refractivity contribution is -0.144. The van der Waals surface area contributed by atoms with Crippen molar-refractivity contribution in [3.8, 4) is 0 Å². The summed E-state index contributed by atoms with van der Waals surface area (Å²) in [6.45, 7) is 8.99. The van der Waals surface area contributed by atoms with Gasteiger partial charge in [0.15, 0.2) is 0 Å². The molecule has 1 amide bonds. The summed E-state index contributed by atoms with van der Waals surface area (Å²) in [5.41, 5.74) is -0.570. The normalized spacial score (nSPS) is 23.8. The Balaban J connectivity index is 2.79. The molecule has 116 valence electrons. The fourth-order valence-electron chi connectivity index (χ4n) is 2.30. The summed E-state index contributed by atoms with van der Waals surface area (Å²) in [4.78, 5) is 27.0. The molecule has 0 spiro atoms. The van der Waals surface area contributed by atoms with Crippen LogP contribution in [0.25, 0.3) is 0 Å². The fraction of sp³-hybridized carbons (Fsp3) is 0.857. The van der Waals surface area contributed by atoms with Gasteiger partial charge in [0.2, 0.25) is 0 Å². The molecule has 0 aliphatic carbocycles. The van der Waals surface area contributed by atoms with E-state index in [9.17, 15) is 14.7 Å². The first-order valence-corrected chi connectivity index (χ1v) is 7.05. The Morgan fingerprint density at radius 2 is 1.95 bits per heavy atom. The summed E-state index contributed by atoms with van der Waals surface area (Å²) in [6.07, 6.45) is 0.136. The highest BCUT2D eigenvalue weighted by Crippen LogP contribution is 2.22. The predicted octanol–water partition coefficient (Wildman–Crippen LogP) is 1.65. The molecule has 0 aromatic heterocycles. The zero-order valence-electron chi connectivity index (χ0n) is 13.0. The number of carboxylic acid groups (broad SMARTS) is 1. The summed E-state index contributed by atoms with van der Waals surface area (Å²) < 4.78 is 5.34. The lowest BCUT2D eigenvalue weighted by Gasteiger charge is -2.40. The third-order valence-corrected chi connectivity index (χ3v) is 3.55. The van der Waals surface area contributed by atoms with E-state index in [0.717, 1.165) is 6.54 Å². The molecule has 0 bridgehead atoms. The number of carbonyl (C=O) groups is 2. The van der Waals surface area contributed by atoms with Crippen LogP contribution < -0.4 is 0 Å². The van der Waals surface area contributed by atoms with Gasteiger partial charge in [-0.1, -0.05) is 6.92 Å². The second-order valence-corrected chi connectivity index (χ2v) is 6.38. The molecule has 1 N–H and O–H groups in total. The van der Waals surface area contributed by atoms with Gasteiger partial charge in [0.1, 0.15) is 5.60 Å². The SMILES string of the molecule is CCN(C)[C@@H]1C[C@H](C(=O)O)CN(C(=O)OC(C)(C)C)C1. The molecule has 0 radical (unpaired) electrons. The summed E-state index contributed by atoms with van der Waals surface area (Å²) >= 11 is 0. The highest BCUT2D eigenvalue weighted by atomic mass is 16.6. The number of carbonyl (C=O) groups excluding carboxylic acids is 1. The Morgan fingerprint density at radius 1 is 1.35 bits per heavy atom. The van der Waals surface area contributed by atoms with Gasteiger partial charge in [-0.15, -0.1) is 0 Å². The number of hydrogen-bond donors (Lipinski definition) is 1. The monoisotopic (exact) mass is 286 g/mol. The highest BCUT2D eigenvalue weighted by molar-refractivity contribution is 5.73. The van der Waals surface area contributed by atoms with Crippen LogP contribution in [0.15, 0.2) is 0 Å². The van der Waals surface area contributed by atoms with Crippen LogP contribution in [0.3, 0.4) is 0 Å². The van der Waals surface area contributed by atoms with Crippen LogP contribution in [0.5, 0.6) is 0 Å². The Labute approximate surface area is 120 Å². The van der Waals surface area contributed by atoms with Crippen LogP contribution in [0.2, 0.25) is 0 Å². The van der Waals surface area contributed by atoms with E-state index >= 15 is 0 Å². The molecule has 0 unspecified atom stereocenters. The summed E-state index contributed by atoms with van der Waals surface area (Å²) in [5, 5.41) is 9.25. The Hall–Kier alpha value is -1.30. The molecule has 6 nitrogen and oxygen atoms in total. The van der Waals surface area contributed by atoms with Crippen LogP contribution in [0, 0.1) is 5.92 Å². The van der Waals surface area contributed by atoms with Crippen molar-refractivity contribution >= 4 is 12.1 Å². The number of piperidine rings is 1.